The number of rotatable bonds is 11. The molecule has 1 aromatic heterocycles. The molecule has 2 heterocycles. The summed E-state index contributed by atoms with van der Waals surface area (Å²) in [7, 11) is 0. The Morgan fingerprint density at radius 3 is 2.87 bits per heavy atom. The molecular weight excluding hydrogens is 402 g/mol. The van der Waals surface area contributed by atoms with Crippen LogP contribution in [0.15, 0.2) is 0 Å². The smallest absolute Gasteiger partial charge is 0.323 e. The lowest BCUT2D eigenvalue weighted by molar-refractivity contribution is -0.148. The number of amides is 2. The van der Waals surface area contributed by atoms with Crippen molar-refractivity contribution in [2.24, 2.45) is 23.5 Å². The lowest BCUT2D eigenvalue weighted by Crippen LogP contribution is -2.50. The first kappa shape index (κ1) is 21.7. The number of hydrogen-bond acceptors (Lipinski definition) is 8. The number of tetrazole rings is 1. The maximum absolute atomic E-state index is 12.6. The van der Waals surface area contributed by atoms with Crippen LogP contribution in [0.25, 0.3) is 0 Å². The molecule has 1 aliphatic heterocycles. The Morgan fingerprint density at radius 2 is 2.10 bits per heavy atom. The van der Waals surface area contributed by atoms with Gasteiger partial charge >= 0.3 is 5.97 Å². The van der Waals surface area contributed by atoms with E-state index in [2.05, 4.69) is 31.3 Å². The molecule has 2 fully saturated rings. The quantitative estimate of drug-likeness (QED) is 0.274. The number of primary amides is 1. The van der Waals surface area contributed by atoms with Crippen LogP contribution < -0.4 is 16.4 Å². The van der Waals surface area contributed by atoms with Crippen molar-refractivity contribution < 1.29 is 20.5 Å². The average molecular weight is 437 g/mol. The molecule has 11 heteroatoms. The zero-order valence-corrected chi connectivity index (χ0v) is 17.8. The highest BCUT2D eigenvalue weighted by Crippen LogP contribution is 2.40. The van der Waals surface area contributed by atoms with Gasteiger partial charge in [0.2, 0.25) is 11.8 Å². The molecular formula is C20H33N7O4. The van der Waals surface area contributed by atoms with Gasteiger partial charge in [-0.3, -0.25) is 14.4 Å². The number of aryl methyl sites for hydroxylation is 1. The van der Waals surface area contributed by atoms with Gasteiger partial charge in [0.25, 0.3) is 0 Å². The molecule has 4 atom stereocenters. The summed E-state index contributed by atoms with van der Waals surface area (Å²) in [4.78, 5) is 34.8. The zero-order valence-electron chi connectivity index (χ0n) is 18.8. The van der Waals surface area contributed by atoms with Gasteiger partial charge in [0.05, 0.1) is 7.98 Å². The Bertz CT molecular complexity index is 778. The van der Waals surface area contributed by atoms with E-state index in [9.17, 15) is 14.4 Å². The molecule has 5 N–H and O–H groups in total. The summed E-state index contributed by atoms with van der Waals surface area (Å²) in [6.45, 7) is 1.10. The second-order valence-corrected chi connectivity index (χ2v) is 8.44. The standard InChI is InChI=1S/C20H33N7O4/c21-17(28)5-7-19(29)22-8-1-9-31-20(30)16-11-15-10-13(2-4-14(15)12-23-16)3-6-18-24-26-27-25-18/h13-16,23H,1-12H2,(H2,21,28)(H,22,29)(H,24,25,26,27)/t13-,14+,15-,16+/m1/s1/i16D. The number of aromatic nitrogens is 4. The number of nitrogens with zero attached hydrogens (tertiary/aromatic N) is 3. The van der Waals surface area contributed by atoms with Crippen LogP contribution in [0.3, 0.4) is 0 Å². The molecule has 0 radical (unpaired) electrons. The van der Waals surface area contributed by atoms with Crippen molar-refractivity contribution in [1.82, 2.24) is 31.3 Å². The number of nitrogens with two attached hydrogens (primary N) is 1. The number of ether oxygens (including phenoxy) is 1. The minimum Gasteiger partial charge on any atom is -0.464 e. The van der Waals surface area contributed by atoms with Crippen LogP contribution in [0.2, 0.25) is 0 Å². The Hall–Kier alpha value is -2.56. The molecule has 1 aliphatic carbocycles. The van der Waals surface area contributed by atoms with Crippen molar-refractivity contribution in [3.05, 3.63) is 5.82 Å². The highest BCUT2D eigenvalue weighted by Gasteiger charge is 2.38. The first-order valence-corrected chi connectivity index (χ1v) is 11.1. The summed E-state index contributed by atoms with van der Waals surface area (Å²) in [6, 6.07) is -1.43. The van der Waals surface area contributed by atoms with Crippen molar-refractivity contribution in [3.8, 4) is 0 Å². The number of H-pyrrole nitrogens is 1. The van der Waals surface area contributed by atoms with Crippen LogP contribution in [0, 0.1) is 17.8 Å². The van der Waals surface area contributed by atoms with Crippen molar-refractivity contribution in [2.75, 3.05) is 19.7 Å². The lowest BCUT2D eigenvalue weighted by Gasteiger charge is -2.42. The fraction of sp³-hybridized carbons (Fsp3) is 0.800. The van der Waals surface area contributed by atoms with Gasteiger partial charge in [0, 0.05) is 25.8 Å². The molecule has 11 nitrogen and oxygen atoms in total. The first-order valence-electron chi connectivity index (χ1n) is 11.6. The fourth-order valence-corrected chi connectivity index (χ4v) is 4.45. The van der Waals surface area contributed by atoms with Crippen LogP contribution in [-0.4, -0.2) is 64.1 Å². The molecule has 0 bridgehead atoms. The number of piperidine rings is 1. The summed E-state index contributed by atoms with van der Waals surface area (Å²) in [5.74, 6) is 0.705. The molecule has 0 unspecified atom stereocenters. The number of nitrogens with one attached hydrogen (secondary N) is 3. The Morgan fingerprint density at radius 1 is 1.23 bits per heavy atom. The highest BCUT2D eigenvalue weighted by molar-refractivity contribution is 5.82. The fourth-order valence-electron chi connectivity index (χ4n) is 4.45. The summed E-state index contributed by atoms with van der Waals surface area (Å²) < 4.78 is 14.0. The largest absolute Gasteiger partial charge is 0.464 e. The van der Waals surface area contributed by atoms with Crippen LogP contribution in [0.4, 0.5) is 0 Å². The molecule has 1 saturated carbocycles. The van der Waals surface area contributed by atoms with E-state index in [0.29, 0.717) is 43.7 Å². The predicted molar refractivity (Wildman–Crippen MR) is 110 cm³/mol. The molecule has 1 saturated heterocycles. The van der Waals surface area contributed by atoms with Crippen LogP contribution in [0.5, 0.6) is 0 Å². The van der Waals surface area contributed by atoms with Crippen molar-refractivity contribution >= 4 is 17.8 Å². The number of esters is 1. The van der Waals surface area contributed by atoms with E-state index in [-0.39, 0.29) is 25.4 Å². The summed E-state index contributed by atoms with van der Waals surface area (Å²) in [5.41, 5.74) is 5.01. The van der Waals surface area contributed by atoms with Crippen molar-refractivity contribution in [2.45, 2.75) is 63.8 Å². The number of carbonyl (C=O) groups excluding carboxylic acids is 3. The van der Waals surface area contributed by atoms with Gasteiger partial charge in [-0.05, 0) is 56.4 Å². The number of fused-ring (bicyclic) bond motifs is 1. The van der Waals surface area contributed by atoms with Crippen molar-refractivity contribution in [1.29, 1.82) is 0 Å². The number of carbonyl (C=O) groups is 3. The maximum atomic E-state index is 12.6. The second-order valence-electron chi connectivity index (χ2n) is 8.44. The van der Waals surface area contributed by atoms with E-state index in [4.69, 9.17) is 11.8 Å². The Kier molecular flexibility index (Phi) is 8.20. The monoisotopic (exact) mass is 436 g/mol. The third-order valence-corrected chi connectivity index (χ3v) is 6.18. The van der Waals surface area contributed by atoms with E-state index >= 15 is 0 Å². The first-order chi connectivity index (χ1) is 15.4. The lowest BCUT2D eigenvalue weighted by atomic mass is 9.69. The van der Waals surface area contributed by atoms with Gasteiger partial charge in [-0.25, -0.2) is 0 Å². The van der Waals surface area contributed by atoms with Gasteiger partial charge < -0.3 is 21.1 Å². The van der Waals surface area contributed by atoms with Gasteiger partial charge in [-0.1, -0.05) is 11.6 Å². The van der Waals surface area contributed by atoms with Gasteiger partial charge in [0.15, 0.2) is 5.82 Å². The minimum absolute atomic E-state index is 0.00791. The number of aromatic amines is 1. The SMILES string of the molecule is [2H][C@@]1(C(=O)OCCCNC(=O)CCC(N)=O)C[C@H]2C[C@@H](CCc3nn[nH]n3)CC[C@H]2CN1. The number of hydrogen-bond donors (Lipinski definition) is 4. The summed E-state index contributed by atoms with van der Waals surface area (Å²) in [6.07, 6.45) is 5.93. The minimum atomic E-state index is -1.43. The van der Waals surface area contributed by atoms with Gasteiger partial charge in [-0.2, -0.15) is 5.21 Å². The van der Waals surface area contributed by atoms with Crippen LogP contribution >= 0.6 is 0 Å². The van der Waals surface area contributed by atoms with E-state index < -0.39 is 17.9 Å². The van der Waals surface area contributed by atoms with E-state index in [1.165, 1.54) is 0 Å². The molecule has 1 aromatic rings. The normalized spacial score (nSPS) is 28.3. The average Bonchev–Trinajstić information content (AvgIpc) is 3.29. The zero-order chi connectivity index (χ0) is 23.0. The molecule has 0 spiro atoms. The van der Waals surface area contributed by atoms with E-state index in [1.807, 2.05) is 0 Å². The maximum Gasteiger partial charge on any atom is 0.323 e. The third kappa shape index (κ3) is 7.57. The van der Waals surface area contributed by atoms with E-state index in [0.717, 1.165) is 37.9 Å². The Labute approximate surface area is 183 Å². The van der Waals surface area contributed by atoms with Crippen LogP contribution in [-0.2, 0) is 25.5 Å². The molecule has 31 heavy (non-hydrogen) atoms. The molecule has 0 aromatic carbocycles. The van der Waals surface area contributed by atoms with E-state index in [1.54, 1.807) is 0 Å². The van der Waals surface area contributed by atoms with Crippen molar-refractivity contribution in [3.63, 3.8) is 0 Å². The topological polar surface area (TPSA) is 165 Å². The highest BCUT2D eigenvalue weighted by atomic mass is 16.5. The van der Waals surface area contributed by atoms with Crippen LogP contribution in [0.1, 0.15) is 58.6 Å². The Balaban J connectivity index is 1.37. The molecule has 2 aliphatic rings. The van der Waals surface area contributed by atoms with Gasteiger partial charge in [0.1, 0.15) is 6.02 Å². The third-order valence-electron chi connectivity index (χ3n) is 6.18. The summed E-state index contributed by atoms with van der Waals surface area (Å²) >= 11 is 0. The second kappa shape index (κ2) is 11.7. The predicted octanol–water partition coefficient (Wildman–Crippen LogP) is -0.158. The van der Waals surface area contributed by atoms with Gasteiger partial charge in [-0.15, -0.1) is 10.2 Å². The molecule has 2 amide bonds. The summed E-state index contributed by atoms with van der Waals surface area (Å²) in [5, 5.41) is 19.8. The molecule has 172 valence electrons. The molecule has 3 rings (SSSR count).